The molecule has 0 amide bonds. The average molecular weight is 374 g/mol. The van der Waals surface area contributed by atoms with Crippen molar-refractivity contribution in [1.29, 1.82) is 0 Å². The van der Waals surface area contributed by atoms with Gasteiger partial charge in [-0.3, -0.25) is 4.90 Å². The van der Waals surface area contributed by atoms with Crippen LogP contribution in [0.5, 0.6) is 0 Å². The molecule has 1 aliphatic rings. The van der Waals surface area contributed by atoms with Crippen LogP contribution in [0.3, 0.4) is 0 Å². The first kappa shape index (κ1) is 18.2. The quantitative estimate of drug-likeness (QED) is 0.738. The molecule has 3 nitrogen and oxygen atoms in total. The van der Waals surface area contributed by atoms with Crippen LogP contribution in [0.25, 0.3) is 0 Å². The minimum Gasteiger partial charge on any atom is -0.361 e. The minimum atomic E-state index is 0.229. The number of halogens is 1. The van der Waals surface area contributed by atoms with Gasteiger partial charge in [0.25, 0.3) is 0 Å². The van der Waals surface area contributed by atoms with Crippen molar-refractivity contribution >= 4 is 34.6 Å². The fraction of sp³-hybridized carbons (Fsp3) is 0.350. The van der Waals surface area contributed by atoms with Gasteiger partial charge in [0, 0.05) is 17.3 Å². The molecule has 2 aromatic rings. The molecule has 2 N–H and O–H groups in total. The summed E-state index contributed by atoms with van der Waals surface area (Å²) in [7, 11) is 0. The molecule has 0 spiro atoms. The number of para-hydroxylation sites is 1. The number of nitrogens with one attached hydrogen (secondary N) is 2. The largest absolute Gasteiger partial charge is 0.361 e. The summed E-state index contributed by atoms with van der Waals surface area (Å²) in [5.74, 6) is 0. The smallest absolute Gasteiger partial charge is 0.170 e. The predicted molar refractivity (Wildman–Crippen MR) is 110 cm³/mol. The van der Waals surface area contributed by atoms with E-state index >= 15 is 0 Å². The minimum absolute atomic E-state index is 0.229. The summed E-state index contributed by atoms with van der Waals surface area (Å²) in [6.45, 7) is 5.02. The first-order valence-corrected chi connectivity index (χ1v) is 9.53. The van der Waals surface area contributed by atoms with E-state index < -0.39 is 0 Å². The molecule has 25 heavy (non-hydrogen) atoms. The fourth-order valence-electron chi connectivity index (χ4n) is 3.30. The zero-order valence-corrected chi connectivity index (χ0v) is 16.0. The molecule has 1 fully saturated rings. The van der Waals surface area contributed by atoms with Gasteiger partial charge in [-0.15, -0.1) is 0 Å². The molecular formula is C20H24ClN3S. The van der Waals surface area contributed by atoms with Gasteiger partial charge in [-0.25, -0.2) is 0 Å². The van der Waals surface area contributed by atoms with Crippen molar-refractivity contribution in [2.75, 3.05) is 25.0 Å². The lowest BCUT2D eigenvalue weighted by molar-refractivity contribution is 0.246. The number of thiocarbonyl (C=S) groups is 1. The number of hydrogen-bond donors (Lipinski definition) is 2. The van der Waals surface area contributed by atoms with Gasteiger partial charge in [-0.2, -0.15) is 0 Å². The number of nitrogens with zero attached hydrogens (tertiary/aromatic N) is 1. The number of aryl methyl sites for hydroxylation is 1. The highest BCUT2D eigenvalue weighted by Crippen LogP contribution is 2.29. The van der Waals surface area contributed by atoms with Crippen LogP contribution in [0, 0.1) is 6.92 Å². The third-order valence-electron chi connectivity index (χ3n) is 4.69. The zero-order valence-electron chi connectivity index (χ0n) is 14.5. The van der Waals surface area contributed by atoms with Gasteiger partial charge >= 0.3 is 0 Å². The van der Waals surface area contributed by atoms with Crippen LogP contribution in [-0.4, -0.2) is 29.6 Å². The molecule has 3 rings (SSSR count). The van der Waals surface area contributed by atoms with E-state index in [-0.39, 0.29) is 6.04 Å². The average Bonchev–Trinajstić information content (AvgIpc) is 3.13. The van der Waals surface area contributed by atoms with Crippen molar-refractivity contribution < 1.29 is 0 Å². The molecule has 1 atom stereocenters. The van der Waals surface area contributed by atoms with E-state index in [2.05, 4.69) is 34.6 Å². The molecule has 1 aliphatic heterocycles. The van der Waals surface area contributed by atoms with Gasteiger partial charge in [0.2, 0.25) is 0 Å². The van der Waals surface area contributed by atoms with Crippen molar-refractivity contribution in [3.05, 3.63) is 64.7 Å². The molecule has 0 radical (unpaired) electrons. The van der Waals surface area contributed by atoms with E-state index in [4.69, 9.17) is 23.8 Å². The van der Waals surface area contributed by atoms with Gasteiger partial charge in [0.05, 0.1) is 6.04 Å². The van der Waals surface area contributed by atoms with E-state index in [0.29, 0.717) is 5.11 Å². The normalized spacial score (nSPS) is 15.8. The Hall–Kier alpha value is -1.62. The van der Waals surface area contributed by atoms with Crippen molar-refractivity contribution in [2.24, 2.45) is 0 Å². The number of likely N-dealkylation sites (tertiary alicyclic amines) is 1. The van der Waals surface area contributed by atoms with Crippen LogP contribution in [0.15, 0.2) is 48.5 Å². The lowest BCUT2D eigenvalue weighted by Gasteiger charge is -2.29. The summed E-state index contributed by atoms with van der Waals surface area (Å²) < 4.78 is 0. The van der Waals surface area contributed by atoms with Crippen molar-refractivity contribution in [1.82, 2.24) is 10.2 Å². The second-order valence-corrected chi connectivity index (χ2v) is 7.25. The molecule has 0 unspecified atom stereocenters. The highest BCUT2D eigenvalue weighted by atomic mass is 35.5. The Morgan fingerprint density at radius 3 is 2.52 bits per heavy atom. The molecule has 0 bridgehead atoms. The molecule has 1 saturated heterocycles. The highest BCUT2D eigenvalue weighted by molar-refractivity contribution is 7.80. The summed E-state index contributed by atoms with van der Waals surface area (Å²) in [6, 6.07) is 16.5. The maximum absolute atomic E-state index is 6.46. The van der Waals surface area contributed by atoms with Crippen LogP contribution < -0.4 is 10.6 Å². The Balaban J connectivity index is 1.67. The topological polar surface area (TPSA) is 27.3 Å². The lowest BCUT2D eigenvalue weighted by atomic mass is 10.1. The predicted octanol–water partition coefficient (Wildman–Crippen LogP) is 4.77. The van der Waals surface area contributed by atoms with Crippen LogP contribution in [0.1, 0.15) is 30.0 Å². The van der Waals surface area contributed by atoms with Crippen LogP contribution in [0.4, 0.5) is 5.69 Å². The van der Waals surface area contributed by atoms with Crippen LogP contribution in [0.2, 0.25) is 5.02 Å². The van der Waals surface area contributed by atoms with E-state index in [9.17, 15) is 0 Å². The maximum atomic E-state index is 6.46. The molecule has 1 heterocycles. The molecule has 2 aromatic carbocycles. The van der Waals surface area contributed by atoms with Gasteiger partial charge in [-0.05, 0) is 68.3 Å². The van der Waals surface area contributed by atoms with Gasteiger partial charge < -0.3 is 10.6 Å². The molecule has 0 saturated carbocycles. The monoisotopic (exact) mass is 373 g/mol. The molecule has 5 heteroatoms. The van der Waals surface area contributed by atoms with Crippen LogP contribution in [-0.2, 0) is 0 Å². The number of hydrogen-bond acceptors (Lipinski definition) is 2. The Bertz CT molecular complexity index is 728. The molecule has 132 valence electrons. The van der Waals surface area contributed by atoms with Gasteiger partial charge in [0.1, 0.15) is 0 Å². The molecule has 0 aromatic heterocycles. The third kappa shape index (κ3) is 4.72. The second kappa shape index (κ2) is 8.65. The first-order chi connectivity index (χ1) is 12.1. The summed E-state index contributed by atoms with van der Waals surface area (Å²) in [4.78, 5) is 2.49. The Kier molecular flexibility index (Phi) is 6.29. The standard InChI is InChI=1S/C20H24ClN3S/c1-15-8-2-5-11-18(15)23-20(25)22-14-19(24-12-6-7-13-24)16-9-3-4-10-17(16)21/h2-5,8-11,19H,6-7,12-14H2,1H3,(H2,22,23,25)/t19-/m1/s1. The number of rotatable bonds is 5. The Morgan fingerprint density at radius 1 is 1.12 bits per heavy atom. The van der Waals surface area contributed by atoms with E-state index in [1.165, 1.54) is 18.4 Å². The third-order valence-corrected chi connectivity index (χ3v) is 5.29. The lowest BCUT2D eigenvalue weighted by Crippen LogP contribution is -2.38. The van der Waals surface area contributed by atoms with E-state index in [1.807, 2.05) is 36.4 Å². The second-order valence-electron chi connectivity index (χ2n) is 6.43. The highest BCUT2D eigenvalue weighted by Gasteiger charge is 2.25. The number of benzene rings is 2. The van der Waals surface area contributed by atoms with Crippen molar-refractivity contribution in [3.8, 4) is 0 Å². The molecule has 0 aliphatic carbocycles. The summed E-state index contributed by atoms with van der Waals surface area (Å²) >= 11 is 12.0. The fourth-order valence-corrected chi connectivity index (χ4v) is 3.76. The maximum Gasteiger partial charge on any atom is 0.170 e. The number of anilines is 1. The zero-order chi connectivity index (χ0) is 17.6. The summed E-state index contributed by atoms with van der Waals surface area (Å²) in [5.41, 5.74) is 3.38. The van der Waals surface area contributed by atoms with Crippen molar-refractivity contribution in [3.63, 3.8) is 0 Å². The first-order valence-electron chi connectivity index (χ1n) is 8.74. The molecular weight excluding hydrogens is 350 g/mol. The SMILES string of the molecule is Cc1ccccc1NC(=S)NC[C@H](c1ccccc1Cl)N1CCCC1. The van der Waals surface area contributed by atoms with Crippen LogP contribution >= 0.6 is 23.8 Å². The Labute approximate surface area is 160 Å². The van der Waals surface area contributed by atoms with Gasteiger partial charge in [-0.1, -0.05) is 48.0 Å². The Morgan fingerprint density at radius 2 is 1.80 bits per heavy atom. The van der Waals surface area contributed by atoms with E-state index in [1.54, 1.807) is 0 Å². The summed E-state index contributed by atoms with van der Waals surface area (Å²) in [6.07, 6.45) is 2.49. The van der Waals surface area contributed by atoms with Gasteiger partial charge in [0.15, 0.2) is 5.11 Å². The van der Waals surface area contributed by atoms with Crippen molar-refractivity contribution in [2.45, 2.75) is 25.8 Å². The summed E-state index contributed by atoms with van der Waals surface area (Å²) in [5, 5.41) is 8.13. The van der Waals surface area contributed by atoms with E-state index in [0.717, 1.165) is 35.9 Å².